The van der Waals surface area contributed by atoms with Gasteiger partial charge in [-0.15, -0.1) is 0 Å². The van der Waals surface area contributed by atoms with Crippen molar-refractivity contribution in [2.75, 3.05) is 13.2 Å². The van der Waals surface area contributed by atoms with E-state index in [-0.39, 0.29) is 0 Å². The molecule has 3 aromatic rings. The fourth-order valence-electron chi connectivity index (χ4n) is 4.12. The molecule has 28 heavy (non-hydrogen) atoms. The average molecular weight is 377 g/mol. The quantitative estimate of drug-likeness (QED) is 0.624. The highest BCUT2D eigenvalue weighted by Gasteiger charge is 2.21. The Bertz CT molecular complexity index is 886. The third-order valence-corrected chi connectivity index (χ3v) is 5.25. The van der Waals surface area contributed by atoms with Gasteiger partial charge in [-0.25, -0.2) is 4.68 Å². The SMILES string of the molecule is Cc1cc(C)c(-n2cccn2)c(CN(Cc2ccccn2)C[C@@H]2CCCO2)c1. The van der Waals surface area contributed by atoms with Gasteiger partial charge in [0.25, 0.3) is 0 Å². The smallest absolute Gasteiger partial charge is 0.0719 e. The Balaban J connectivity index is 1.64. The molecule has 1 fully saturated rings. The van der Waals surface area contributed by atoms with E-state index in [1.807, 2.05) is 35.4 Å². The lowest BCUT2D eigenvalue weighted by atomic mass is 10.0. The second-order valence-electron chi connectivity index (χ2n) is 7.67. The van der Waals surface area contributed by atoms with Gasteiger partial charge in [-0.3, -0.25) is 9.88 Å². The minimum Gasteiger partial charge on any atom is -0.377 e. The van der Waals surface area contributed by atoms with Crippen LogP contribution >= 0.6 is 0 Å². The zero-order valence-electron chi connectivity index (χ0n) is 16.7. The molecule has 1 aromatic carbocycles. The van der Waals surface area contributed by atoms with Crippen LogP contribution in [-0.4, -0.2) is 38.9 Å². The van der Waals surface area contributed by atoms with E-state index in [2.05, 4.69) is 53.1 Å². The van der Waals surface area contributed by atoms with Crippen molar-refractivity contribution in [1.82, 2.24) is 19.7 Å². The molecule has 3 heterocycles. The van der Waals surface area contributed by atoms with Crippen LogP contribution in [0.15, 0.2) is 55.0 Å². The van der Waals surface area contributed by atoms with Crippen molar-refractivity contribution in [2.45, 2.75) is 45.9 Å². The summed E-state index contributed by atoms with van der Waals surface area (Å²) in [6.07, 6.45) is 8.32. The molecule has 0 bridgehead atoms. The van der Waals surface area contributed by atoms with E-state index < -0.39 is 0 Å². The first-order valence-corrected chi connectivity index (χ1v) is 10.0. The van der Waals surface area contributed by atoms with E-state index in [4.69, 9.17) is 4.74 Å². The Morgan fingerprint density at radius 1 is 1.14 bits per heavy atom. The molecular formula is C23H28N4O. The number of nitrogens with zero attached hydrogens (tertiary/aromatic N) is 4. The number of aromatic nitrogens is 3. The molecule has 0 saturated carbocycles. The van der Waals surface area contributed by atoms with Crippen LogP contribution in [0.5, 0.6) is 0 Å². The third kappa shape index (κ3) is 4.49. The maximum atomic E-state index is 5.93. The van der Waals surface area contributed by atoms with Gasteiger partial charge in [-0.2, -0.15) is 5.10 Å². The molecule has 1 saturated heterocycles. The van der Waals surface area contributed by atoms with Crippen LogP contribution in [0, 0.1) is 13.8 Å². The largest absolute Gasteiger partial charge is 0.377 e. The number of hydrogen-bond donors (Lipinski definition) is 0. The summed E-state index contributed by atoms with van der Waals surface area (Å²) in [7, 11) is 0. The van der Waals surface area contributed by atoms with E-state index in [0.29, 0.717) is 6.10 Å². The molecule has 0 spiro atoms. The Morgan fingerprint density at radius 3 is 2.79 bits per heavy atom. The molecule has 1 aliphatic heterocycles. The van der Waals surface area contributed by atoms with Gasteiger partial charge in [0.05, 0.1) is 17.5 Å². The molecule has 5 heteroatoms. The molecule has 5 nitrogen and oxygen atoms in total. The fourth-order valence-corrected chi connectivity index (χ4v) is 4.12. The van der Waals surface area contributed by atoms with Crippen LogP contribution in [0.4, 0.5) is 0 Å². The van der Waals surface area contributed by atoms with Crippen molar-refractivity contribution < 1.29 is 4.74 Å². The predicted molar refractivity (Wildman–Crippen MR) is 110 cm³/mol. The number of ether oxygens (including phenoxy) is 1. The standard InChI is InChI=1S/C23H28N4O/c1-18-13-19(2)23(27-11-6-10-25-27)20(14-18)15-26(17-22-8-5-12-28-22)16-21-7-3-4-9-24-21/h3-4,6-7,9-11,13-14,22H,5,8,12,15-17H2,1-2H3/t22-/m0/s1. The number of aryl methyl sites for hydroxylation is 2. The topological polar surface area (TPSA) is 43.2 Å². The molecule has 146 valence electrons. The van der Waals surface area contributed by atoms with Crippen LogP contribution < -0.4 is 0 Å². The molecule has 0 aliphatic carbocycles. The normalized spacial score (nSPS) is 16.8. The molecule has 1 aliphatic rings. The first-order chi connectivity index (χ1) is 13.7. The van der Waals surface area contributed by atoms with Crippen molar-refractivity contribution in [1.29, 1.82) is 0 Å². The second kappa shape index (κ2) is 8.67. The number of pyridine rings is 1. The summed E-state index contributed by atoms with van der Waals surface area (Å²) in [5.41, 5.74) is 6.07. The summed E-state index contributed by atoms with van der Waals surface area (Å²) in [6.45, 7) is 7.77. The van der Waals surface area contributed by atoms with Gasteiger partial charge in [0.2, 0.25) is 0 Å². The molecular weight excluding hydrogens is 348 g/mol. The van der Waals surface area contributed by atoms with E-state index >= 15 is 0 Å². The van der Waals surface area contributed by atoms with E-state index in [1.54, 1.807) is 0 Å². The molecule has 1 atom stereocenters. The second-order valence-corrected chi connectivity index (χ2v) is 7.67. The monoisotopic (exact) mass is 376 g/mol. The highest BCUT2D eigenvalue weighted by atomic mass is 16.5. The number of hydrogen-bond acceptors (Lipinski definition) is 4. The summed E-state index contributed by atoms with van der Waals surface area (Å²) in [5.74, 6) is 0. The molecule has 0 N–H and O–H groups in total. The van der Waals surface area contributed by atoms with E-state index in [9.17, 15) is 0 Å². The van der Waals surface area contributed by atoms with Crippen LogP contribution in [0.25, 0.3) is 5.69 Å². The molecule has 0 amide bonds. The molecule has 2 aromatic heterocycles. The molecule has 4 rings (SSSR count). The Kier molecular flexibility index (Phi) is 5.84. The third-order valence-electron chi connectivity index (χ3n) is 5.25. The van der Waals surface area contributed by atoms with Crippen molar-refractivity contribution in [3.8, 4) is 5.69 Å². The van der Waals surface area contributed by atoms with Gasteiger partial charge >= 0.3 is 0 Å². The van der Waals surface area contributed by atoms with Crippen LogP contribution in [-0.2, 0) is 17.8 Å². The van der Waals surface area contributed by atoms with Crippen molar-refractivity contribution in [3.63, 3.8) is 0 Å². The van der Waals surface area contributed by atoms with E-state index in [1.165, 1.54) is 22.4 Å². The highest BCUT2D eigenvalue weighted by Crippen LogP contribution is 2.24. The summed E-state index contributed by atoms with van der Waals surface area (Å²) < 4.78 is 7.91. The average Bonchev–Trinajstić information content (AvgIpc) is 3.36. The molecule has 0 radical (unpaired) electrons. The highest BCUT2D eigenvalue weighted by molar-refractivity contribution is 5.49. The minimum absolute atomic E-state index is 0.308. The van der Waals surface area contributed by atoms with Gasteiger partial charge in [0, 0.05) is 44.8 Å². The van der Waals surface area contributed by atoms with Gasteiger partial charge in [0.15, 0.2) is 0 Å². The van der Waals surface area contributed by atoms with Gasteiger partial charge in [0.1, 0.15) is 0 Å². The van der Waals surface area contributed by atoms with Gasteiger partial charge in [-0.05, 0) is 56.0 Å². The minimum atomic E-state index is 0.308. The Morgan fingerprint density at radius 2 is 2.07 bits per heavy atom. The number of benzene rings is 1. The van der Waals surface area contributed by atoms with Crippen molar-refractivity contribution in [3.05, 3.63) is 77.4 Å². The lowest BCUT2D eigenvalue weighted by Crippen LogP contribution is -2.32. The van der Waals surface area contributed by atoms with Crippen LogP contribution in [0.3, 0.4) is 0 Å². The molecule has 0 unspecified atom stereocenters. The van der Waals surface area contributed by atoms with Crippen molar-refractivity contribution >= 4 is 0 Å². The Hall–Kier alpha value is -2.50. The maximum absolute atomic E-state index is 5.93. The van der Waals surface area contributed by atoms with Gasteiger partial charge in [-0.1, -0.05) is 23.8 Å². The predicted octanol–water partition coefficient (Wildman–Crippen LogP) is 4.07. The first kappa shape index (κ1) is 18.8. The van der Waals surface area contributed by atoms with E-state index in [0.717, 1.165) is 44.8 Å². The number of rotatable bonds is 7. The van der Waals surface area contributed by atoms with Gasteiger partial charge < -0.3 is 4.74 Å². The lowest BCUT2D eigenvalue weighted by Gasteiger charge is -2.26. The Labute approximate surface area is 167 Å². The lowest BCUT2D eigenvalue weighted by molar-refractivity contribution is 0.0674. The summed E-state index contributed by atoms with van der Waals surface area (Å²) >= 11 is 0. The zero-order chi connectivity index (χ0) is 19.3. The summed E-state index contributed by atoms with van der Waals surface area (Å²) in [5, 5.41) is 4.49. The summed E-state index contributed by atoms with van der Waals surface area (Å²) in [6, 6.07) is 12.6. The van der Waals surface area contributed by atoms with Crippen molar-refractivity contribution in [2.24, 2.45) is 0 Å². The summed E-state index contributed by atoms with van der Waals surface area (Å²) in [4.78, 5) is 7.00. The zero-order valence-corrected chi connectivity index (χ0v) is 16.7. The fraction of sp³-hybridized carbons (Fsp3) is 0.391. The van der Waals surface area contributed by atoms with Crippen LogP contribution in [0.2, 0.25) is 0 Å². The maximum Gasteiger partial charge on any atom is 0.0719 e. The first-order valence-electron chi connectivity index (χ1n) is 10.0. The van der Waals surface area contributed by atoms with Crippen LogP contribution in [0.1, 0.15) is 35.2 Å².